The highest BCUT2D eigenvalue weighted by Crippen LogP contribution is 2.34. The summed E-state index contributed by atoms with van der Waals surface area (Å²) in [7, 11) is 0. The minimum atomic E-state index is -0.0123. The summed E-state index contributed by atoms with van der Waals surface area (Å²) in [5.41, 5.74) is -0.0123. The fraction of sp³-hybridized carbons (Fsp3) is 0.714. The molecule has 1 aliphatic rings. The van der Waals surface area contributed by atoms with Crippen LogP contribution >= 0.6 is 0 Å². The second-order valence-electron chi connectivity index (χ2n) is 5.51. The quantitative estimate of drug-likeness (QED) is 0.843. The number of rotatable bonds is 6. The molecule has 0 amide bonds. The third-order valence-corrected chi connectivity index (χ3v) is 3.57. The van der Waals surface area contributed by atoms with Crippen LogP contribution in [0.25, 0.3) is 0 Å². The molecule has 0 radical (unpaired) electrons. The van der Waals surface area contributed by atoms with Gasteiger partial charge in [-0.3, -0.25) is 4.79 Å². The van der Waals surface area contributed by atoms with Crippen LogP contribution < -0.4 is 10.9 Å². The lowest BCUT2D eigenvalue weighted by molar-refractivity contribution is 0.562. The summed E-state index contributed by atoms with van der Waals surface area (Å²) in [6.07, 6.45) is 8.34. The molecule has 0 bridgehead atoms. The molecule has 18 heavy (non-hydrogen) atoms. The zero-order chi connectivity index (χ0) is 13.1. The van der Waals surface area contributed by atoms with E-state index < -0.39 is 0 Å². The fourth-order valence-electron chi connectivity index (χ4n) is 2.21. The number of hydrogen-bond donors (Lipinski definition) is 1. The molecule has 1 N–H and O–H groups in total. The van der Waals surface area contributed by atoms with Gasteiger partial charge in [-0.1, -0.05) is 19.8 Å². The van der Waals surface area contributed by atoms with Gasteiger partial charge >= 0.3 is 0 Å². The van der Waals surface area contributed by atoms with Gasteiger partial charge in [0.25, 0.3) is 5.56 Å². The zero-order valence-corrected chi connectivity index (χ0v) is 11.5. The molecular formula is C14H23N3O. The Morgan fingerprint density at radius 3 is 2.78 bits per heavy atom. The van der Waals surface area contributed by atoms with Gasteiger partial charge in [-0.15, -0.1) is 0 Å². The molecule has 1 fully saturated rings. The van der Waals surface area contributed by atoms with Gasteiger partial charge in [0.1, 0.15) is 0 Å². The highest BCUT2D eigenvalue weighted by molar-refractivity contribution is 5.32. The number of aromatic nitrogens is 2. The van der Waals surface area contributed by atoms with Crippen LogP contribution in [0.2, 0.25) is 0 Å². The standard InChI is InChI=1S/C14H23N3O/c1-4-12(9-11-5-6-11)16-13-14(18)17(10(2)3)8-7-15-13/h7-8,10-12H,4-6,9H2,1-3H3,(H,15,16). The second-order valence-corrected chi connectivity index (χ2v) is 5.51. The van der Waals surface area contributed by atoms with Gasteiger partial charge < -0.3 is 9.88 Å². The maximum atomic E-state index is 12.2. The predicted octanol–water partition coefficient (Wildman–Crippen LogP) is 2.81. The van der Waals surface area contributed by atoms with Crippen molar-refractivity contribution in [3.8, 4) is 0 Å². The minimum absolute atomic E-state index is 0.0123. The normalized spacial score (nSPS) is 16.9. The molecule has 4 nitrogen and oxygen atoms in total. The monoisotopic (exact) mass is 249 g/mol. The molecule has 0 spiro atoms. The Bertz CT molecular complexity index is 449. The van der Waals surface area contributed by atoms with E-state index in [9.17, 15) is 4.79 Å². The van der Waals surface area contributed by atoms with Gasteiger partial charge in [-0.25, -0.2) is 4.98 Å². The Hall–Kier alpha value is -1.32. The molecule has 1 unspecified atom stereocenters. The molecule has 100 valence electrons. The summed E-state index contributed by atoms with van der Waals surface area (Å²) in [6, 6.07) is 0.547. The summed E-state index contributed by atoms with van der Waals surface area (Å²) in [4.78, 5) is 16.4. The van der Waals surface area contributed by atoms with Crippen molar-refractivity contribution in [2.24, 2.45) is 5.92 Å². The lowest BCUT2D eigenvalue weighted by atomic mass is 10.1. The highest BCUT2D eigenvalue weighted by Gasteiger charge is 2.25. The molecule has 0 saturated heterocycles. The van der Waals surface area contributed by atoms with E-state index in [1.807, 2.05) is 13.8 Å². The van der Waals surface area contributed by atoms with Crippen LogP contribution in [0, 0.1) is 5.92 Å². The first-order chi connectivity index (χ1) is 8.61. The van der Waals surface area contributed by atoms with Crippen LogP contribution in [0.4, 0.5) is 5.82 Å². The van der Waals surface area contributed by atoms with Crippen LogP contribution in [0.3, 0.4) is 0 Å². The summed E-state index contributed by atoms with van der Waals surface area (Å²) >= 11 is 0. The van der Waals surface area contributed by atoms with E-state index in [4.69, 9.17) is 0 Å². The zero-order valence-electron chi connectivity index (χ0n) is 11.5. The third kappa shape index (κ3) is 3.12. The summed E-state index contributed by atoms with van der Waals surface area (Å²) in [6.45, 7) is 6.17. The SMILES string of the molecule is CCC(CC1CC1)Nc1nccn(C(C)C)c1=O. The van der Waals surface area contributed by atoms with E-state index in [1.54, 1.807) is 17.0 Å². The summed E-state index contributed by atoms with van der Waals surface area (Å²) in [5.74, 6) is 1.36. The maximum absolute atomic E-state index is 12.2. The molecule has 1 heterocycles. The molecule has 0 aromatic carbocycles. The van der Waals surface area contributed by atoms with Crippen molar-refractivity contribution >= 4 is 5.82 Å². The number of anilines is 1. The van der Waals surface area contributed by atoms with Crippen molar-refractivity contribution in [3.05, 3.63) is 22.7 Å². The van der Waals surface area contributed by atoms with Crippen LogP contribution in [-0.2, 0) is 0 Å². The molecule has 2 rings (SSSR count). The second kappa shape index (κ2) is 5.55. The van der Waals surface area contributed by atoms with E-state index in [2.05, 4.69) is 17.2 Å². The summed E-state index contributed by atoms with van der Waals surface area (Å²) < 4.78 is 1.72. The molecule has 1 saturated carbocycles. The maximum Gasteiger partial charge on any atom is 0.293 e. The van der Waals surface area contributed by atoms with Crippen molar-refractivity contribution in [1.82, 2.24) is 9.55 Å². The average molecular weight is 249 g/mol. The molecule has 1 aromatic heterocycles. The van der Waals surface area contributed by atoms with Crippen LogP contribution in [0.1, 0.15) is 52.5 Å². The van der Waals surface area contributed by atoms with Gasteiger partial charge in [-0.2, -0.15) is 0 Å². The first-order valence-corrected chi connectivity index (χ1v) is 6.95. The van der Waals surface area contributed by atoms with Gasteiger partial charge in [-0.05, 0) is 32.6 Å². The molecule has 0 aliphatic heterocycles. The smallest absolute Gasteiger partial charge is 0.293 e. The summed E-state index contributed by atoms with van der Waals surface area (Å²) in [5, 5.41) is 3.32. The van der Waals surface area contributed by atoms with Crippen LogP contribution in [-0.4, -0.2) is 15.6 Å². The van der Waals surface area contributed by atoms with Crippen molar-refractivity contribution in [1.29, 1.82) is 0 Å². The average Bonchev–Trinajstić information content (AvgIpc) is 3.14. The van der Waals surface area contributed by atoms with Gasteiger partial charge in [0.2, 0.25) is 0 Å². The van der Waals surface area contributed by atoms with Gasteiger partial charge in [0, 0.05) is 24.5 Å². The molecule has 1 atom stereocenters. The largest absolute Gasteiger partial charge is 0.363 e. The topological polar surface area (TPSA) is 46.9 Å². The number of nitrogens with zero attached hydrogens (tertiary/aromatic N) is 2. The van der Waals surface area contributed by atoms with Crippen LogP contribution in [0.5, 0.6) is 0 Å². The van der Waals surface area contributed by atoms with E-state index in [1.165, 1.54) is 12.8 Å². The van der Waals surface area contributed by atoms with Crippen molar-refractivity contribution in [3.63, 3.8) is 0 Å². The Morgan fingerprint density at radius 2 is 2.22 bits per heavy atom. The Kier molecular flexibility index (Phi) is 4.04. The lowest BCUT2D eigenvalue weighted by Crippen LogP contribution is -2.30. The van der Waals surface area contributed by atoms with Crippen LogP contribution in [0.15, 0.2) is 17.2 Å². The lowest BCUT2D eigenvalue weighted by Gasteiger charge is -2.18. The Balaban J connectivity index is 2.11. The fourth-order valence-corrected chi connectivity index (χ4v) is 2.21. The van der Waals surface area contributed by atoms with Crippen molar-refractivity contribution in [2.75, 3.05) is 5.32 Å². The number of nitrogens with one attached hydrogen (secondary N) is 1. The van der Waals surface area contributed by atoms with Gasteiger partial charge in [0.15, 0.2) is 5.82 Å². The van der Waals surface area contributed by atoms with Crippen molar-refractivity contribution < 1.29 is 0 Å². The predicted molar refractivity (Wildman–Crippen MR) is 73.9 cm³/mol. The van der Waals surface area contributed by atoms with E-state index in [-0.39, 0.29) is 11.6 Å². The Morgan fingerprint density at radius 1 is 1.50 bits per heavy atom. The molecule has 1 aromatic rings. The first kappa shape index (κ1) is 13.1. The van der Waals surface area contributed by atoms with Gasteiger partial charge in [0.05, 0.1) is 0 Å². The first-order valence-electron chi connectivity index (χ1n) is 6.95. The number of hydrogen-bond acceptors (Lipinski definition) is 3. The highest BCUT2D eigenvalue weighted by atomic mass is 16.1. The molecule has 1 aliphatic carbocycles. The van der Waals surface area contributed by atoms with E-state index >= 15 is 0 Å². The third-order valence-electron chi connectivity index (χ3n) is 3.57. The molecule has 4 heteroatoms. The van der Waals surface area contributed by atoms with E-state index in [0.29, 0.717) is 11.9 Å². The van der Waals surface area contributed by atoms with E-state index in [0.717, 1.165) is 18.8 Å². The molecular weight excluding hydrogens is 226 g/mol. The Labute approximate surface area is 108 Å². The van der Waals surface area contributed by atoms with Crippen molar-refractivity contribution in [2.45, 2.75) is 58.5 Å². The minimum Gasteiger partial charge on any atom is -0.363 e.